The molecule has 2 N–H and O–H groups in total. The first-order chi connectivity index (χ1) is 7.31. The van der Waals surface area contributed by atoms with Gasteiger partial charge in [-0.3, -0.25) is 4.79 Å². The summed E-state index contributed by atoms with van der Waals surface area (Å²) >= 11 is 1.46. The fraction of sp³-hybridized carbons (Fsp3) is 0.0833. The van der Waals surface area contributed by atoms with Gasteiger partial charge in [-0.15, -0.1) is 28.3 Å². The minimum atomic E-state index is 0. The molecule has 1 aromatic heterocycles. The van der Waals surface area contributed by atoms with Crippen LogP contribution in [0.15, 0.2) is 42.5 Å². The van der Waals surface area contributed by atoms with Gasteiger partial charge in [0, 0.05) is 17.0 Å². The van der Waals surface area contributed by atoms with E-state index in [-0.39, 0.29) is 22.8 Å². The summed E-state index contributed by atoms with van der Waals surface area (Å²) in [5.74, 6) is 0.0697. The second-order valence-electron chi connectivity index (χ2n) is 3.17. The van der Waals surface area contributed by atoms with Crippen LogP contribution in [0.5, 0.6) is 0 Å². The summed E-state index contributed by atoms with van der Waals surface area (Å²) in [5.41, 5.74) is 6.23. The maximum atomic E-state index is 11.9. The van der Waals surface area contributed by atoms with Crippen LogP contribution in [0.1, 0.15) is 20.1 Å². The van der Waals surface area contributed by atoms with Crippen molar-refractivity contribution in [3.63, 3.8) is 0 Å². The van der Waals surface area contributed by atoms with Gasteiger partial charge in [0.2, 0.25) is 5.78 Å². The topological polar surface area (TPSA) is 43.1 Å². The second kappa shape index (κ2) is 5.94. The second-order valence-corrected chi connectivity index (χ2v) is 4.33. The Balaban J connectivity index is 0.00000128. The molecule has 0 amide bonds. The highest BCUT2D eigenvalue weighted by atomic mass is 79.9. The Kier molecular flexibility index (Phi) is 4.86. The molecule has 84 valence electrons. The van der Waals surface area contributed by atoms with E-state index in [1.54, 1.807) is 0 Å². The standard InChI is InChI=1S/C12H11NOS.BrH/c13-8-10-6-7-11(15-10)12(14)9-4-2-1-3-5-9;/h1-7H,8,13H2;1H. The van der Waals surface area contributed by atoms with E-state index in [9.17, 15) is 4.79 Å². The summed E-state index contributed by atoms with van der Waals surface area (Å²) in [5, 5.41) is 0. The molecule has 0 atom stereocenters. The first-order valence-electron chi connectivity index (χ1n) is 4.70. The van der Waals surface area contributed by atoms with E-state index < -0.39 is 0 Å². The fourth-order valence-electron chi connectivity index (χ4n) is 1.34. The molecule has 0 aliphatic carbocycles. The molecule has 2 rings (SSSR count). The van der Waals surface area contributed by atoms with E-state index in [0.717, 1.165) is 15.3 Å². The molecule has 0 saturated heterocycles. The molecule has 0 saturated carbocycles. The van der Waals surface area contributed by atoms with Gasteiger partial charge in [-0.05, 0) is 12.1 Å². The molecule has 1 aromatic carbocycles. The predicted molar refractivity (Wildman–Crippen MR) is 72.4 cm³/mol. The lowest BCUT2D eigenvalue weighted by Gasteiger charge is -1.96. The lowest BCUT2D eigenvalue weighted by Crippen LogP contribution is -1.97. The van der Waals surface area contributed by atoms with Gasteiger partial charge in [0.1, 0.15) is 0 Å². The molecule has 0 spiro atoms. The smallest absolute Gasteiger partial charge is 0.202 e. The Morgan fingerprint density at radius 1 is 1.12 bits per heavy atom. The van der Waals surface area contributed by atoms with E-state index >= 15 is 0 Å². The Bertz CT molecular complexity index is 467. The van der Waals surface area contributed by atoms with Crippen molar-refractivity contribution >= 4 is 34.1 Å². The van der Waals surface area contributed by atoms with Crippen molar-refractivity contribution in [2.24, 2.45) is 5.73 Å². The third-order valence-corrected chi connectivity index (χ3v) is 3.23. The Hall–Kier alpha value is -0.970. The zero-order valence-corrected chi connectivity index (χ0v) is 11.1. The number of carbonyl (C=O) groups excluding carboxylic acids is 1. The number of hydrogen-bond acceptors (Lipinski definition) is 3. The molecule has 2 nitrogen and oxygen atoms in total. The van der Waals surface area contributed by atoms with E-state index in [4.69, 9.17) is 5.73 Å². The van der Waals surface area contributed by atoms with Crippen LogP contribution >= 0.6 is 28.3 Å². The van der Waals surface area contributed by atoms with Gasteiger partial charge in [-0.25, -0.2) is 0 Å². The molecule has 16 heavy (non-hydrogen) atoms. The molecule has 0 bridgehead atoms. The normalized spacial score (nSPS) is 9.56. The first-order valence-corrected chi connectivity index (χ1v) is 5.51. The number of rotatable bonds is 3. The van der Waals surface area contributed by atoms with E-state index in [2.05, 4.69) is 0 Å². The molecule has 2 aromatic rings. The summed E-state index contributed by atoms with van der Waals surface area (Å²) in [6.45, 7) is 0.493. The highest BCUT2D eigenvalue weighted by Crippen LogP contribution is 2.19. The molecular formula is C12H12BrNOS. The number of hydrogen-bond donors (Lipinski definition) is 1. The zero-order chi connectivity index (χ0) is 10.7. The monoisotopic (exact) mass is 297 g/mol. The van der Waals surface area contributed by atoms with Crippen molar-refractivity contribution in [2.45, 2.75) is 6.54 Å². The van der Waals surface area contributed by atoms with Crippen molar-refractivity contribution in [3.05, 3.63) is 57.8 Å². The maximum Gasteiger partial charge on any atom is 0.202 e. The van der Waals surface area contributed by atoms with E-state index in [1.165, 1.54) is 11.3 Å². The average molecular weight is 298 g/mol. The number of carbonyl (C=O) groups is 1. The van der Waals surface area contributed by atoms with Crippen molar-refractivity contribution in [1.82, 2.24) is 0 Å². The molecule has 0 aliphatic rings. The van der Waals surface area contributed by atoms with Crippen LogP contribution in [-0.2, 0) is 6.54 Å². The molecule has 0 unspecified atom stereocenters. The van der Waals surface area contributed by atoms with Crippen LogP contribution in [-0.4, -0.2) is 5.78 Å². The third kappa shape index (κ3) is 2.78. The number of ketones is 1. The highest BCUT2D eigenvalue weighted by molar-refractivity contribution is 8.93. The van der Waals surface area contributed by atoms with Crippen molar-refractivity contribution in [2.75, 3.05) is 0 Å². The van der Waals surface area contributed by atoms with Gasteiger partial charge in [-0.1, -0.05) is 30.3 Å². The largest absolute Gasteiger partial charge is 0.326 e. The van der Waals surface area contributed by atoms with Crippen LogP contribution in [0, 0.1) is 0 Å². The van der Waals surface area contributed by atoms with Crippen molar-refractivity contribution < 1.29 is 4.79 Å². The lowest BCUT2D eigenvalue weighted by molar-refractivity contribution is 0.104. The summed E-state index contributed by atoms with van der Waals surface area (Å²) in [6, 6.07) is 13.0. The number of nitrogens with two attached hydrogens (primary N) is 1. The van der Waals surface area contributed by atoms with Crippen LogP contribution in [0.3, 0.4) is 0 Å². The average Bonchev–Trinajstić information content (AvgIpc) is 2.78. The minimum Gasteiger partial charge on any atom is -0.326 e. The van der Waals surface area contributed by atoms with E-state index in [0.29, 0.717) is 6.54 Å². The molecule has 4 heteroatoms. The van der Waals surface area contributed by atoms with Gasteiger partial charge >= 0.3 is 0 Å². The molecule has 1 heterocycles. The molecule has 0 aliphatic heterocycles. The Labute approximate surface area is 109 Å². The molecule has 0 radical (unpaired) electrons. The SMILES string of the molecule is Br.NCc1ccc(C(=O)c2ccccc2)s1. The number of benzene rings is 1. The van der Waals surface area contributed by atoms with Crippen molar-refractivity contribution in [1.29, 1.82) is 0 Å². The van der Waals surface area contributed by atoms with Gasteiger partial charge in [0.15, 0.2) is 0 Å². The number of halogens is 1. The maximum absolute atomic E-state index is 11.9. The van der Waals surface area contributed by atoms with Gasteiger partial charge in [-0.2, -0.15) is 0 Å². The lowest BCUT2D eigenvalue weighted by atomic mass is 10.1. The first kappa shape index (κ1) is 13.1. The van der Waals surface area contributed by atoms with Gasteiger partial charge in [0.05, 0.1) is 4.88 Å². The van der Waals surface area contributed by atoms with Crippen LogP contribution in [0.2, 0.25) is 0 Å². The summed E-state index contributed by atoms with van der Waals surface area (Å²) in [4.78, 5) is 13.7. The van der Waals surface area contributed by atoms with Crippen LogP contribution < -0.4 is 5.73 Å². The summed E-state index contributed by atoms with van der Waals surface area (Å²) in [6.07, 6.45) is 0. The minimum absolute atomic E-state index is 0. The van der Waals surface area contributed by atoms with Gasteiger partial charge in [0.25, 0.3) is 0 Å². The summed E-state index contributed by atoms with van der Waals surface area (Å²) in [7, 11) is 0. The predicted octanol–water partition coefficient (Wildman–Crippen LogP) is 3.02. The quantitative estimate of drug-likeness (QED) is 0.885. The third-order valence-electron chi connectivity index (χ3n) is 2.12. The highest BCUT2D eigenvalue weighted by Gasteiger charge is 2.10. The molecular weight excluding hydrogens is 286 g/mol. The molecule has 0 fully saturated rings. The Morgan fingerprint density at radius 3 is 2.38 bits per heavy atom. The zero-order valence-electron chi connectivity index (χ0n) is 8.55. The summed E-state index contributed by atoms with van der Waals surface area (Å²) < 4.78 is 0. The van der Waals surface area contributed by atoms with E-state index in [1.807, 2.05) is 42.5 Å². The Morgan fingerprint density at radius 2 is 1.81 bits per heavy atom. The van der Waals surface area contributed by atoms with Gasteiger partial charge < -0.3 is 5.73 Å². The number of thiophene rings is 1. The van der Waals surface area contributed by atoms with Crippen molar-refractivity contribution in [3.8, 4) is 0 Å². The fourth-order valence-corrected chi connectivity index (χ4v) is 2.19. The van der Waals surface area contributed by atoms with Crippen LogP contribution in [0.25, 0.3) is 0 Å². The van der Waals surface area contributed by atoms with Crippen LogP contribution in [0.4, 0.5) is 0 Å².